The minimum absolute atomic E-state index is 0.0692. The topological polar surface area (TPSA) is 159 Å². The number of carboxylic acids is 3. The molecule has 1 saturated heterocycles. The third-order valence-electron chi connectivity index (χ3n) is 5.77. The van der Waals surface area contributed by atoms with Crippen LogP contribution in [-0.2, 0) is 14.4 Å². The number of carboxylic acid groups (broad SMARTS) is 3. The Balaban J connectivity index is 0.000000302. The van der Waals surface area contributed by atoms with E-state index in [4.69, 9.17) is 20.4 Å². The van der Waals surface area contributed by atoms with Gasteiger partial charge >= 0.3 is 17.9 Å². The maximum Gasteiger partial charge on any atom is 0.336 e. The molecule has 36 heavy (non-hydrogen) atoms. The molecule has 194 valence electrons. The summed E-state index contributed by atoms with van der Waals surface area (Å²) in [4.78, 5) is 45.6. The highest BCUT2D eigenvalue weighted by Crippen LogP contribution is 2.24. The van der Waals surface area contributed by atoms with Crippen LogP contribution in [0.5, 0.6) is 0 Å². The first-order chi connectivity index (χ1) is 16.9. The van der Waals surface area contributed by atoms with E-state index >= 15 is 0 Å². The summed E-state index contributed by atoms with van der Waals surface area (Å²) in [5.41, 5.74) is -1.04. The van der Waals surface area contributed by atoms with Crippen molar-refractivity contribution in [3.63, 3.8) is 0 Å². The molecule has 1 fully saturated rings. The minimum Gasteiger partial charge on any atom is -0.481 e. The van der Waals surface area contributed by atoms with Crippen LogP contribution in [0.1, 0.15) is 29.6 Å². The molecular weight excluding hydrogens is 470 g/mol. The quantitative estimate of drug-likeness (QED) is 0.419. The van der Waals surface area contributed by atoms with Crippen LogP contribution in [0.4, 0.5) is 5.69 Å². The number of carbonyl (C=O) groups is 4. The van der Waals surface area contributed by atoms with Gasteiger partial charge in [-0.15, -0.1) is 0 Å². The number of rotatable bonds is 8. The molecule has 0 radical (unpaired) electrons. The number of hydrazine groups is 1. The molecule has 11 nitrogen and oxygen atoms in total. The smallest absolute Gasteiger partial charge is 0.336 e. The van der Waals surface area contributed by atoms with E-state index in [1.807, 2.05) is 65.6 Å². The van der Waals surface area contributed by atoms with Gasteiger partial charge in [-0.25, -0.2) is 14.8 Å². The van der Waals surface area contributed by atoms with Gasteiger partial charge in [0.05, 0.1) is 18.9 Å². The number of aliphatic hydroxyl groups is 1. The lowest BCUT2D eigenvalue weighted by Gasteiger charge is -2.42. The van der Waals surface area contributed by atoms with Crippen LogP contribution >= 0.6 is 0 Å². The lowest BCUT2D eigenvalue weighted by molar-refractivity contribution is -0.170. The van der Waals surface area contributed by atoms with E-state index in [1.54, 1.807) is 0 Å². The Labute approximate surface area is 208 Å². The van der Waals surface area contributed by atoms with Gasteiger partial charge in [0, 0.05) is 38.4 Å². The average Bonchev–Trinajstić information content (AvgIpc) is 2.82. The summed E-state index contributed by atoms with van der Waals surface area (Å²) in [5.74, 6) is -4.95. The highest BCUT2D eigenvalue weighted by Gasteiger charge is 2.40. The molecule has 2 aromatic carbocycles. The predicted octanol–water partition coefficient (Wildman–Crippen LogP) is 1.64. The number of hydrogen-bond donors (Lipinski definition) is 4. The standard InChI is InChI=1S/C19H23N3O.C6H8O7/c1-20-14-13-18(15-21(20)2)22(17-11-7-4-8-12-17)19(23)16-9-5-3-6-10-16;7-3(8)1-6(13,5(11)12)2-4(9)10/h3-12,18H,13-15H2,1-2H3;13H,1-2H2,(H,7,8)(H,9,10)(H,11,12). The Morgan fingerprint density at radius 1 is 0.861 bits per heavy atom. The summed E-state index contributed by atoms with van der Waals surface area (Å²) in [6.45, 7) is 1.79. The van der Waals surface area contributed by atoms with Crippen molar-refractivity contribution < 1.29 is 39.6 Å². The van der Waals surface area contributed by atoms with E-state index in [9.17, 15) is 19.2 Å². The second-order valence-electron chi connectivity index (χ2n) is 8.52. The number of anilines is 1. The van der Waals surface area contributed by atoms with Crippen LogP contribution in [0, 0.1) is 0 Å². The Bertz CT molecular complexity index is 1030. The minimum atomic E-state index is -2.74. The zero-order valence-electron chi connectivity index (χ0n) is 20.1. The molecule has 1 atom stereocenters. The molecule has 2 aromatic rings. The second-order valence-corrected chi connectivity index (χ2v) is 8.52. The van der Waals surface area contributed by atoms with Crippen LogP contribution < -0.4 is 4.90 Å². The average molecular weight is 502 g/mol. The van der Waals surface area contributed by atoms with E-state index in [0.717, 1.165) is 30.8 Å². The number of hydrogen-bond acceptors (Lipinski definition) is 7. The SMILES string of the molecule is CN1CCC(N(C(=O)c2ccccc2)c2ccccc2)CN1C.O=C(O)CC(O)(CC(=O)O)C(=O)O. The fraction of sp³-hybridized carbons (Fsp3) is 0.360. The fourth-order valence-corrected chi connectivity index (χ4v) is 3.77. The summed E-state index contributed by atoms with van der Waals surface area (Å²) in [5, 5.41) is 38.2. The van der Waals surface area contributed by atoms with Gasteiger partial charge in [0.1, 0.15) is 0 Å². The third-order valence-corrected chi connectivity index (χ3v) is 5.77. The maximum absolute atomic E-state index is 13.1. The molecule has 3 rings (SSSR count). The first kappa shape index (κ1) is 28.4. The van der Waals surface area contributed by atoms with Gasteiger partial charge in [-0.05, 0) is 30.7 Å². The molecule has 1 heterocycles. The zero-order valence-corrected chi connectivity index (χ0v) is 20.1. The van der Waals surface area contributed by atoms with Crippen molar-refractivity contribution in [2.75, 3.05) is 32.1 Å². The molecule has 0 spiro atoms. The highest BCUT2D eigenvalue weighted by molar-refractivity contribution is 6.06. The molecule has 4 N–H and O–H groups in total. The largest absolute Gasteiger partial charge is 0.481 e. The maximum atomic E-state index is 13.1. The van der Waals surface area contributed by atoms with E-state index in [1.165, 1.54) is 0 Å². The molecular formula is C25H31N3O8. The summed E-state index contributed by atoms with van der Waals surface area (Å²) in [6.07, 6.45) is -1.32. The summed E-state index contributed by atoms with van der Waals surface area (Å²) >= 11 is 0. The van der Waals surface area contributed by atoms with Crippen LogP contribution in [-0.4, -0.2) is 93.1 Å². The van der Waals surface area contributed by atoms with Gasteiger partial charge in [-0.1, -0.05) is 36.4 Å². The van der Waals surface area contributed by atoms with Gasteiger partial charge in [0.25, 0.3) is 5.91 Å². The monoisotopic (exact) mass is 501 g/mol. The van der Waals surface area contributed by atoms with Crippen LogP contribution in [0.2, 0.25) is 0 Å². The number of likely N-dealkylation sites (N-methyl/N-ethyl adjacent to an activating group) is 1. The van der Waals surface area contributed by atoms with Crippen LogP contribution in [0.15, 0.2) is 60.7 Å². The van der Waals surface area contributed by atoms with E-state index < -0.39 is 36.4 Å². The van der Waals surface area contributed by atoms with Gasteiger partial charge in [0.15, 0.2) is 5.60 Å². The van der Waals surface area contributed by atoms with Crippen molar-refractivity contribution in [1.29, 1.82) is 0 Å². The van der Waals surface area contributed by atoms with Gasteiger partial charge in [-0.3, -0.25) is 14.4 Å². The van der Waals surface area contributed by atoms with Gasteiger partial charge < -0.3 is 25.3 Å². The number of aliphatic carboxylic acids is 3. The van der Waals surface area contributed by atoms with Crippen molar-refractivity contribution in [3.05, 3.63) is 66.2 Å². The Kier molecular flexibility index (Phi) is 10.1. The lowest BCUT2D eigenvalue weighted by Crippen LogP contribution is -2.55. The van der Waals surface area contributed by atoms with Crippen LogP contribution in [0.3, 0.4) is 0 Å². The fourth-order valence-electron chi connectivity index (χ4n) is 3.77. The zero-order chi connectivity index (χ0) is 26.9. The molecule has 0 aromatic heterocycles. The van der Waals surface area contributed by atoms with Crippen molar-refractivity contribution in [1.82, 2.24) is 10.0 Å². The third kappa shape index (κ3) is 7.87. The Hall–Kier alpha value is -3.80. The van der Waals surface area contributed by atoms with E-state index in [-0.39, 0.29) is 11.9 Å². The second kappa shape index (κ2) is 12.8. The molecule has 0 bridgehead atoms. The Morgan fingerprint density at radius 3 is 1.81 bits per heavy atom. The highest BCUT2D eigenvalue weighted by atomic mass is 16.4. The first-order valence-corrected chi connectivity index (χ1v) is 11.2. The van der Waals surface area contributed by atoms with Crippen molar-refractivity contribution >= 4 is 29.5 Å². The molecule has 1 aliphatic heterocycles. The molecule has 0 saturated carbocycles. The number of carbonyl (C=O) groups excluding carboxylic acids is 1. The van der Waals surface area contributed by atoms with E-state index in [2.05, 4.69) is 24.1 Å². The number of para-hydroxylation sites is 1. The molecule has 1 unspecified atom stereocenters. The van der Waals surface area contributed by atoms with Crippen molar-refractivity contribution in [3.8, 4) is 0 Å². The summed E-state index contributed by atoms with van der Waals surface area (Å²) in [7, 11) is 4.16. The van der Waals surface area contributed by atoms with Gasteiger partial charge in [0.2, 0.25) is 0 Å². The van der Waals surface area contributed by atoms with Crippen LogP contribution in [0.25, 0.3) is 0 Å². The molecule has 1 amide bonds. The Morgan fingerprint density at radius 2 is 1.36 bits per heavy atom. The molecule has 11 heteroatoms. The summed E-state index contributed by atoms with van der Waals surface area (Å²) < 4.78 is 0. The van der Waals surface area contributed by atoms with Crippen molar-refractivity contribution in [2.24, 2.45) is 0 Å². The van der Waals surface area contributed by atoms with Crippen molar-refractivity contribution in [2.45, 2.75) is 30.9 Å². The number of benzene rings is 2. The molecule has 0 aliphatic carbocycles. The number of amides is 1. The predicted molar refractivity (Wildman–Crippen MR) is 130 cm³/mol. The number of nitrogens with zero attached hydrogens (tertiary/aromatic N) is 3. The van der Waals surface area contributed by atoms with E-state index in [0.29, 0.717) is 0 Å². The van der Waals surface area contributed by atoms with Gasteiger partial charge in [-0.2, -0.15) is 0 Å². The summed E-state index contributed by atoms with van der Waals surface area (Å²) in [6, 6.07) is 19.7. The molecule has 1 aliphatic rings. The lowest BCUT2D eigenvalue weighted by atomic mass is 9.96. The normalized spacial score (nSPS) is 16.4. The first-order valence-electron chi connectivity index (χ1n) is 11.2.